The van der Waals surface area contributed by atoms with Crippen molar-refractivity contribution < 1.29 is 8.42 Å². The summed E-state index contributed by atoms with van der Waals surface area (Å²) in [6.07, 6.45) is 0.0785. The van der Waals surface area contributed by atoms with Crippen LogP contribution >= 0.6 is 0 Å². The number of nitriles is 1. The average Bonchev–Trinajstić information content (AvgIpc) is 2.48. The van der Waals surface area contributed by atoms with Crippen LogP contribution in [0.25, 0.3) is 0 Å². The van der Waals surface area contributed by atoms with Gasteiger partial charge in [0.25, 0.3) is 0 Å². The maximum Gasteiger partial charge on any atom is 0.241 e. The van der Waals surface area contributed by atoms with Crippen molar-refractivity contribution in [3.8, 4) is 6.07 Å². The average molecular weight is 300 g/mol. The van der Waals surface area contributed by atoms with Crippen molar-refractivity contribution in [2.45, 2.75) is 24.3 Å². The summed E-state index contributed by atoms with van der Waals surface area (Å²) in [4.78, 5) is 0.201. The van der Waals surface area contributed by atoms with E-state index in [0.717, 1.165) is 11.1 Å². The molecule has 4 nitrogen and oxygen atoms in total. The van der Waals surface area contributed by atoms with Crippen LogP contribution < -0.4 is 4.72 Å². The van der Waals surface area contributed by atoms with Gasteiger partial charge in [-0.1, -0.05) is 48.0 Å². The highest BCUT2D eigenvalue weighted by Crippen LogP contribution is 2.20. The quantitative estimate of drug-likeness (QED) is 0.923. The molecule has 0 aliphatic rings. The fourth-order valence-corrected chi connectivity index (χ4v) is 3.20. The number of hydrogen-bond donors (Lipinski definition) is 1. The minimum atomic E-state index is -3.65. The molecule has 5 heteroatoms. The van der Waals surface area contributed by atoms with E-state index in [4.69, 9.17) is 5.26 Å². The molecule has 2 aromatic carbocycles. The highest BCUT2D eigenvalue weighted by molar-refractivity contribution is 7.89. The highest BCUT2D eigenvalue weighted by atomic mass is 32.2. The Morgan fingerprint density at radius 2 is 1.71 bits per heavy atom. The second kappa shape index (κ2) is 6.53. The molecule has 0 unspecified atom stereocenters. The second-order valence-corrected chi connectivity index (χ2v) is 6.47. The zero-order valence-electron chi connectivity index (χ0n) is 11.7. The Morgan fingerprint density at radius 1 is 1.10 bits per heavy atom. The van der Waals surface area contributed by atoms with Gasteiger partial charge < -0.3 is 0 Å². The standard InChI is InChI=1S/C16H16N2O2S/c1-13-7-9-15(10-8-13)21(19,20)18-16(11-12-17)14-5-3-2-4-6-14/h2-10,16,18H,11H2,1H3/t16-/m1/s1. The summed E-state index contributed by atoms with van der Waals surface area (Å²) >= 11 is 0. The topological polar surface area (TPSA) is 70.0 Å². The molecule has 1 atom stereocenters. The van der Waals surface area contributed by atoms with Crippen LogP contribution in [0, 0.1) is 18.3 Å². The number of nitrogens with zero attached hydrogens (tertiary/aromatic N) is 1. The van der Waals surface area contributed by atoms with Crippen molar-refractivity contribution >= 4 is 10.0 Å². The molecule has 0 radical (unpaired) electrons. The predicted molar refractivity (Wildman–Crippen MR) is 80.9 cm³/mol. The molecular weight excluding hydrogens is 284 g/mol. The number of rotatable bonds is 5. The maximum atomic E-state index is 12.4. The van der Waals surface area contributed by atoms with Gasteiger partial charge in [0, 0.05) is 0 Å². The van der Waals surface area contributed by atoms with E-state index >= 15 is 0 Å². The van der Waals surface area contributed by atoms with Gasteiger partial charge in [-0.25, -0.2) is 13.1 Å². The van der Waals surface area contributed by atoms with Crippen LogP contribution in [0.1, 0.15) is 23.6 Å². The molecule has 0 saturated heterocycles. The molecule has 0 aliphatic heterocycles. The van der Waals surface area contributed by atoms with Crippen LogP contribution in [-0.2, 0) is 10.0 Å². The second-order valence-electron chi connectivity index (χ2n) is 4.76. The van der Waals surface area contributed by atoms with E-state index in [1.807, 2.05) is 31.2 Å². The number of sulfonamides is 1. The molecule has 0 saturated carbocycles. The van der Waals surface area contributed by atoms with Gasteiger partial charge in [0.1, 0.15) is 0 Å². The molecule has 1 N–H and O–H groups in total. The number of benzene rings is 2. The third kappa shape index (κ3) is 3.91. The number of hydrogen-bond acceptors (Lipinski definition) is 3. The minimum Gasteiger partial charge on any atom is -0.207 e. The van der Waals surface area contributed by atoms with Crippen molar-refractivity contribution in [3.05, 3.63) is 65.7 Å². The van der Waals surface area contributed by atoms with E-state index in [1.54, 1.807) is 36.4 Å². The lowest BCUT2D eigenvalue weighted by molar-refractivity contribution is 0.559. The van der Waals surface area contributed by atoms with Gasteiger partial charge in [-0.15, -0.1) is 0 Å². The largest absolute Gasteiger partial charge is 0.241 e. The molecule has 0 aliphatic carbocycles. The van der Waals surface area contributed by atoms with Crippen molar-refractivity contribution in [1.29, 1.82) is 5.26 Å². The molecule has 21 heavy (non-hydrogen) atoms. The molecule has 0 fully saturated rings. The zero-order valence-corrected chi connectivity index (χ0v) is 12.5. The summed E-state index contributed by atoms with van der Waals surface area (Å²) in [5.41, 5.74) is 1.76. The SMILES string of the molecule is Cc1ccc(S(=O)(=O)N[C@H](CC#N)c2ccccc2)cc1. The van der Waals surface area contributed by atoms with Crippen LogP contribution in [0.5, 0.6) is 0 Å². The summed E-state index contributed by atoms with van der Waals surface area (Å²) in [5.74, 6) is 0. The first-order valence-electron chi connectivity index (χ1n) is 6.54. The van der Waals surface area contributed by atoms with Crippen molar-refractivity contribution in [1.82, 2.24) is 4.72 Å². The smallest absolute Gasteiger partial charge is 0.207 e. The van der Waals surface area contributed by atoms with Crippen molar-refractivity contribution in [2.75, 3.05) is 0 Å². The predicted octanol–water partition coefficient (Wildman–Crippen LogP) is 2.93. The Hall–Kier alpha value is -2.16. The van der Waals surface area contributed by atoms with Gasteiger partial charge in [0.15, 0.2) is 0 Å². The van der Waals surface area contributed by atoms with Gasteiger partial charge in [0.2, 0.25) is 10.0 Å². The maximum absolute atomic E-state index is 12.4. The van der Waals surface area contributed by atoms with Gasteiger partial charge in [-0.05, 0) is 24.6 Å². The van der Waals surface area contributed by atoms with E-state index in [0.29, 0.717) is 0 Å². The number of aryl methyl sites for hydroxylation is 1. The van der Waals surface area contributed by atoms with Crippen molar-refractivity contribution in [2.24, 2.45) is 0 Å². The van der Waals surface area contributed by atoms with Gasteiger partial charge in [-0.2, -0.15) is 5.26 Å². The van der Waals surface area contributed by atoms with Crippen LogP contribution in [0.15, 0.2) is 59.5 Å². The summed E-state index contributed by atoms with van der Waals surface area (Å²) < 4.78 is 27.4. The molecule has 0 heterocycles. The minimum absolute atomic E-state index is 0.0785. The zero-order chi connectivity index (χ0) is 15.3. The van der Waals surface area contributed by atoms with Gasteiger partial charge in [-0.3, -0.25) is 0 Å². The Labute approximate surface area is 125 Å². The van der Waals surface area contributed by atoms with Crippen LogP contribution in [0.2, 0.25) is 0 Å². The lowest BCUT2D eigenvalue weighted by Crippen LogP contribution is -2.28. The van der Waals surface area contributed by atoms with E-state index in [2.05, 4.69) is 4.72 Å². The first-order valence-corrected chi connectivity index (χ1v) is 8.02. The monoisotopic (exact) mass is 300 g/mol. The van der Waals surface area contributed by atoms with Crippen molar-refractivity contribution in [3.63, 3.8) is 0 Å². The van der Waals surface area contributed by atoms with Gasteiger partial charge in [0.05, 0.1) is 23.4 Å². The Bertz CT molecular complexity index is 732. The molecule has 0 amide bonds. The molecule has 0 bridgehead atoms. The molecule has 2 aromatic rings. The Balaban J connectivity index is 2.28. The van der Waals surface area contributed by atoms with Crippen LogP contribution in [0.4, 0.5) is 0 Å². The van der Waals surface area contributed by atoms with E-state index in [-0.39, 0.29) is 11.3 Å². The molecular formula is C16H16N2O2S. The molecule has 2 rings (SSSR count). The summed E-state index contributed by atoms with van der Waals surface area (Å²) in [6.45, 7) is 1.90. The lowest BCUT2D eigenvalue weighted by Gasteiger charge is -2.16. The van der Waals surface area contributed by atoms with Crippen LogP contribution in [-0.4, -0.2) is 8.42 Å². The summed E-state index contributed by atoms with van der Waals surface area (Å²) in [7, 11) is -3.65. The van der Waals surface area contributed by atoms with E-state index in [9.17, 15) is 8.42 Å². The third-order valence-corrected chi connectivity index (χ3v) is 4.61. The Kier molecular flexibility index (Phi) is 4.73. The first kappa shape index (κ1) is 15.2. The molecule has 0 spiro atoms. The Morgan fingerprint density at radius 3 is 2.29 bits per heavy atom. The highest BCUT2D eigenvalue weighted by Gasteiger charge is 2.21. The third-order valence-electron chi connectivity index (χ3n) is 3.13. The molecule has 108 valence electrons. The normalized spacial score (nSPS) is 12.6. The first-order chi connectivity index (χ1) is 10.0. The molecule has 0 aromatic heterocycles. The van der Waals surface area contributed by atoms with Crippen LogP contribution in [0.3, 0.4) is 0 Å². The van der Waals surface area contributed by atoms with Gasteiger partial charge >= 0.3 is 0 Å². The number of nitrogens with one attached hydrogen (secondary N) is 1. The lowest BCUT2D eigenvalue weighted by atomic mass is 10.1. The van der Waals surface area contributed by atoms with E-state index in [1.165, 1.54) is 0 Å². The summed E-state index contributed by atoms with van der Waals surface area (Å²) in [5, 5.41) is 8.92. The fraction of sp³-hybridized carbons (Fsp3) is 0.188. The summed E-state index contributed by atoms with van der Waals surface area (Å²) in [6, 6.07) is 17.2. The fourth-order valence-electron chi connectivity index (χ4n) is 1.98. The van der Waals surface area contributed by atoms with E-state index < -0.39 is 16.1 Å².